The summed E-state index contributed by atoms with van der Waals surface area (Å²) < 4.78 is 5.68. The third-order valence-electron chi connectivity index (χ3n) is 4.36. The summed E-state index contributed by atoms with van der Waals surface area (Å²) in [7, 11) is 3.97. The summed E-state index contributed by atoms with van der Waals surface area (Å²) in [4.78, 5) is 28.5. The van der Waals surface area contributed by atoms with Gasteiger partial charge in [-0.15, -0.1) is 6.58 Å². The molecule has 1 aromatic carbocycles. The monoisotopic (exact) mass is 374 g/mol. The summed E-state index contributed by atoms with van der Waals surface area (Å²) in [5.41, 5.74) is 1.20. The molecule has 0 aliphatic carbocycles. The summed E-state index contributed by atoms with van der Waals surface area (Å²) >= 11 is 0. The molecular weight excluding hydrogens is 344 g/mol. The fourth-order valence-corrected chi connectivity index (χ4v) is 2.80. The van der Waals surface area contributed by atoms with Crippen LogP contribution in [0.2, 0.25) is 0 Å². The Labute approximate surface area is 161 Å². The molecular formula is C20H30N4O3. The predicted molar refractivity (Wildman–Crippen MR) is 107 cm³/mol. The molecule has 1 aliphatic rings. The summed E-state index contributed by atoms with van der Waals surface area (Å²) in [6.07, 6.45) is 3.76. The molecule has 1 heterocycles. The Kier molecular flexibility index (Phi) is 8.29. The van der Waals surface area contributed by atoms with Crippen LogP contribution >= 0.6 is 0 Å². The quantitative estimate of drug-likeness (QED) is 0.650. The molecule has 0 spiro atoms. The van der Waals surface area contributed by atoms with Gasteiger partial charge in [0, 0.05) is 44.0 Å². The third-order valence-corrected chi connectivity index (χ3v) is 4.36. The van der Waals surface area contributed by atoms with E-state index in [1.165, 1.54) is 0 Å². The molecule has 0 radical (unpaired) electrons. The molecule has 7 nitrogen and oxygen atoms in total. The predicted octanol–water partition coefficient (Wildman–Crippen LogP) is 2.18. The number of nitrogens with one attached hydrogen (secondary N) is 2. The molecule has 27 heavy (non-hydrogen) atoms. The van der Waals surface area contributed by atoms with Gasteiger partial charge in [-0.25, -0.2) is 4.79 Å². The zero-order chi connectivity index (χ0) is 19.6. The number of amides is 3. The lowest BCUT2D eigenvalue weighted by molar-refractivity contribution is 0.0820. The summed E-state index contributed by atoms with van der Waals surface area (Å²) in [5.74, 6) is -0.168. The van der Waals surface area contributed by atoms with Gasteiger partial charge in [-0.1, -0.05) is 6.08 Å². The van der Waals surface area contributed by atoms with Crippen LogP contribution in [0, 0.1) is 0 Å². The van der Waals surface area contributed by atoms with Gasteiger partial charge in [0.25, 0.3) is 5.91 Å². The first kappa shape index (κ1) is 20.9. The van der Waals surface area contributed by atoms with Crippen LogP contribution in [0.15, 0.2) is 36.9 Å². The molecule has 1 unspecified atom stereocenters. The van der Waals surface area contributed by atoms with Crippen molar-refractivity contribution in [2.24, 2.45) is 0 Å². The van der Waals surface area contributed by atoms with Crippen molar-refractivity contribution in [1.82, 2.24) is 15.1 Å². The van der Waals surface area contributed by atoms with Crippen LogP contribution in [0.5, 0.6) is 0 Å². The normalized spacial score (nSPS) is 16.2. The van der Waals surface area contributed by atoms with Crippen LogP contribution in [-0.2, 0) is 4.74 Å². The van der Waals surface area contributed by atoms with Gasteiger partial charge >= 0.3 is 6.03 Å². The van der Waals surface area contributed by atoms with Gasteiger partial charge < -0.3 is 25.2 Å². The average molecular weight is 374 g/mol. The van der Waals surface area contributed by atoms with Crippen LogP contribution in [0.4, 0.5) is 10.5 Å². The van der Waals surface area contributed by atoms with Gasteiger partial charge in [-0.3, -0.25) is 4.79 Å². The molecule has 3 amide bonds. The molecule has 7 heteroatoms. The van der Waals surface area contributed by atoms with Gasteiger partial charge in [-0.2, -0.15) is 0 Å². The number of carbonyl (C=O) groups is 2. The molecule has 148 valence electrons. The second kappa shape index (κ2) is 10.7. The Hall–Kier alpha value is -2.38. The van der Waals surface area contributed by atoms with Gasteiger partial charge in [0.2, 0.25) is 0 Å². The maximum Gasteiger partial charge on any atom is 0.321 e. The molecule has 1 aliphatic heterocycles. The Balaban J connectivity index is 1.95. The van der Waals surface area contributed by atoms with E-state index in [9.17, 15) is 9.59 Å². The first-order chi connectivity index (χ1) is 13.0. The molecule has 1 atom stereocenters. The van der Waals surface area contributed by atoms with E-state index in [4.69, 9.17) is 4.74 Å². The van der Waals surface area contributed by atoms with Gasteiger partial charge in [0.1, 0.15) is 0 Å². The Bertz CT molecular complexity index is 625. The fourth-order valence-electron chi connectivity index (χ4n) is 2.80. The highest BCUT2D eigenvalue weighted by Crippen LogP contribution is 2.15. The third kappa shape index (κ3) is 7.03. The van der Waals surface area contributed by atoms with E-state index < -0.39 is 0 Å². The Morgan fingerprint density at radius 1 is 1.26 bits per heavy atom. The van der Waals surface area contributed by atoms with Crippen molar-refractivity contribution in [2.45, 2.75) is 18.9 Å². The van der Waals surface area contributed by atoms with Crippen LogP contribution in [0.25, 0.3) is 0 Å². The minimum atomic E-state index is -0.168. The number of carbonyl (C=O) groups excluding carboxylic acids is 2. The number of ether oxygens (including phenoxy) is 1. The molecule has 1 fully saturated rings. The SMILES string of the molecule is C=CCNC(=O)c1ccc(NC(=O)N(CCN(C)C)CC2CCCO2)cc1. The van der Waals surface area contributed by atoms with Crippen LogP contribution in [0.3, 0.4) is 0 Å². The van der Waals surface area contributed by atoms with Crippen molar-refractivity contribution in [3.8, 4) is 0 Å². The van der Waals surface area contributed by atoms with Crippen LogP contribution in [-0.4, -0.2) is 74.7 Å². The molecule has 0 bridgehead atoms. The molecule has 0 aromatic heterocycles. The number of hydrogen-bond acceptors (Lipinski definition) is 4. The molecule has 2 N–H and O–H groups in total. The van der Waals surface area contributed by atoms with E-state index in [0.717, 1.165) is 26.0 Å². The second-order valence-electron chi connectivity index (χ2n) is 6.89. The summed E-state index contributed by atoms with van der Waals surface area (Å²) in [6.45, 7) is 6.75. The second-order valence-corrected chi connectivity index (χ2v) is 6.89. The molecule has 1 aromatic rings. The van der Waals surface area contributed by atoms with Crippen molar-refractivity contribution in [2.75, 3.05) is 52.2 Å². The van der Waals surface area contributed by atoms with Crippen LogP contribution < -0.4 is 10.6 Å². The van der Waals surface area contributed by atoms with E-state index in [0.29, 0.717) is 30.9 Å². The number of anilines is 1. The first-order valence-electron chi connectivity index (χ1n) is 9.31. The zero-order valence-corrected chi connectivity index (χ0v) is 16.2. The number of rotatable bonds is 9. The first-order valence-corrected chi connectivity index (χ1v) is 9.31. The summed E-state index contributed by atoms with van der Waals surface area (Å²) in [6, 6.07) is 6.70. The van der Waals surface area contributed by atoms with E-state index in [-0.39, 0.29) is 18.0 Å². The van der Waals surface area contributed by atoms with Gasteiger partial charge in [-0.05, 0) is 51.2 Å². The number of urea groups is 1. The molecule has 2 rings (SSSR count). The van der Waals surface area contributed by atoms with Crippen LogP contribution in [0.1, 0.15) is 23.2 Å². The number of likely N-dealkylation sites (N-methyl/N-ethyl adjacent to an activating group) is 1. The molecule has 0 saturated carbocycles. The summed E-state index contributed by atoms with van der Waals surface area (Å²) in [5, 5.41) is 5.64. The van der Waals surface area contributed by atoms with E-state index >= 15 is 0 Å². The lowest BCUT2D eigenvalue weighted by Gasteiger charge is -2.27. The Morgan fingerprint density at radius 3 is 2.59 bits per heavy atom. The lowest BCUT2D eigenvalue weighted by atomic mass is 10.2. The van der Waals surface area contributed by atoms with Crippen molar-refractivity contribution in [1.29, 1.82) is 0 Å². The maximum atomic E-state index is 12.7. The topological polar surface area (TPSA) is 73.9 Å². The van der Waals surface area contributed by atoms with Gasteiger partial charge in [0.05, 0.1) is 6.10 Å². The smallest absolute Gasteiger partial charge is 0.321 e. The lowest BCUT2D eigenvalue weighted by Crippen LogP contribution is -2.43. The highest BCUT2D eigenvalue weighted by atomic mass is 16.5. The average Bonchev–Trinajstić information content (AvgIpc) is 3.16. The van der Waals surface area contributed by atoms with Crippen molar-refractivity contribution in [3.63, 3.8) is 0 Å². The minimum absolute atomic E-state index is 0.105. The zero-order valence-electron chi connectivity index (χ0n) is 16.2. The van der Waals surface area contributed by atoms with Gasteiger partial charge in [0.15, 0.2) is 0 Å². The maximum absolute atomic E-state index is 12.7. The van der Waals surface area contributed by atoms with E-state index in [2.05, 4.69) is 17.2 Å². The highest BCUT2D eigenvalue weighted by Gasteiger charge is 2.22. The molecule has 1 saturated heterocycles. The number of benzene rings is 1. The van der Waals surface area contributed by atoms with Crippen molar-refractivity contribution < 1.29 is 14.3 Å². The highest BCUT2D eigenvalue weighted by molar-refractivity contribution is 5.95. The van der Waals surface area contributed by atoms with Crippen molar-refractivity contribution in [3.05, 3.63) is 42.5 Å². The van der Waals surface area contributed by atoms with Crippen molar-refractivity contribution >= 4 is 17.6 Å². The van der Waals surface area contributed by atoms with E-state index in [1.807, 2.05) is 19.0 Å². The number of hydrogen-bond donors (Lipinski definition) is 2. The minimum Gasteiger partial charge on any atom is -0.376 e. The largest absolute Gasteiger partial charge is 0.376 e. The number of nitrogens with zero attached hydrogens (tertiary/aromatic N) is 2. The Morgan fingerprint density at radius 2 is 2.00 bits per heavy atom. The van der Waals surface area contributed by atoms with E-state index in [1.54, 1.807) is 35.2 Å². The standard InChI is InChI=1S/C20H30N4O3/c1-4-11-21-19(25)16-7-9-17(10-8-16)22-20(26)24(13-12-23(2)3)15-18-6-5-14-27-18/h4,7-10,18H,1,5-6,11-15H2,2-3H3,(H,21,25)(H,22,26). The fraction of sp³-hybridized carbons (Fsp3) is 0.500.